The summed E-state index contributed by atoms with van der Waals surface area (Å²) in [6.07, 6.45) is 0. The number of rotatable bonds is 5. The summed E-state index contributed by atoms with van der Waals surface area (Å²) in [6, 6.07) is 19.5. The van der Waals surface area contributed by atoms with E-state index in [9.17, 15) is 19.5 Å². The quantitative estimate of drug-likeness (QED) is 0.279. The molecule has 0 spiro atoms. The number of nitrogens with one attached hydrogen (secondary N) is 1. The van der Waals surface area contributed by atoms with Crippen molar-refractivity contribution in [3.8, 4) is 5.75 Å². The minimum absolute atomic E-state index is 0.0107. The number of hydrogen-bond donors (Lipinski definition) is 2. The lowest BCUT2D eigenvalue weighted by atomic mass is 9.95. The Morgan fingerprint density at radius 3 is 2.15 bits per heavy atom. The fraction of sp³-hybridized carbons (Fsp3) is 0.115. The fourth-order valence-electron chi connectivity index (χ4n) is 3.87. The molecular weight excluding hydrogens is 500 g/mol. The van der Waals surface area contributed by atoms with E-state index < -0.39 is 17.7 Å². The van der Waals surface area contributed by atoms with Gasteiger partial charge < -0.3 is 15.2 Å². The first-order valence-corrected chi connectivity index (χ1v) is 11.2. The Balaban J connectivity index is 1.86. The summed E-state index contributed by atoms with van der Waals surface area (Å²) in [7, 11) is 1.55. The van der Waals surface area contributed by atoms with Gasteiger partial charge in [-0.05, 0) is 54.1 Å². The first kappa shape index (κ1) is 23.3. The predicted octanol–water partition coefficient (Wildman–Crippen LogP) is 5.04. The van der Waals surface area contributed by atoms with Crippen LogP contribution in [0.2, 0.25) is 0 Å². The van der Waals surface area contributed by atoms with Gasteiger partial charge in [0.2, 0.25) is 5.91 Å². The smallest absolute Gasteiger partial charge is 0.300 e. The molecule has 0 aliphatic carbocycles. The van der Waals surface area contributed by atoms with Crippen LogP contribution in [0.3, 0.4) is 0 Å². The Hall–Kier alpha value is -3.91. The second kappa shape index (κ2) is 9.52. The second-order valence-corrected chi connectivity index (χ2v) is 8.59. The molecule has 7 nitrogen and oxygen atoms in total. The van der Waals surface area contributed by atoms with Gasteiger partial charge in [-0.1, -0.05) is 40.2 Å². The molecule has 172 valence electrons. The third-order valence-corrected chi connectivity index (χ3v) is 5.99. The zero-order valence-electron chi connectivity index (χ0n) is 18.4. The normalized spacial score (nSPS) is 17.0. The van der Waals surface area contributed by atoms with Crippen LogP contribution in [0.5, 0.6) is 5.75 Å². The van der Waals surface area contributed by atoms with Crippen LogP contribution in [-0.4, -0.2) is 29.8 Å². The van der Waals surface area contributed by atoms with Crippen LogP contribution in [-0.2, 0) is 14.4 Å². The van der Waals surface area contributed by atoms with Crippen molar-refractivity contribution in [1.29, 1.82) is 0 Å². The number of nitrogens with zero attached hydrogens (tertiary/aromatic N) is 1. The minimum atomic E-state index is -0.860. The van der Waals surface area contributed by atoms with E-state index in [4.69, 9.17) is 4.74 Å². The molecule has 1 heterocycles. The molecule has 0 bridgehead atoms. The van der Waals surface area contributed by atoms with Gasteiger partial charge in [-0.2, -0.15) is 0 Å². The zero-order valence-corrected chi connectivity index (χ0v) is 20.0. The summed E-state index contributed by atoms with van der Waals surface area (Å²) in [5, 5.41) is 13.8. The van der Waals surface area contributed by atoms with E-state index in [1.165, 1.54) is 11.8 Å². The van der Waals surface area contributed by atoms with E-state index >= 15 is 0 Å². The van der Waals surface area contributed by atoms with Gasteiger partial charge in [0.1, 0.15) is 11.5 Å². The molecule has 34 heavy (non-hydrogen) atoms. The van der Waals surface area contributed by atoms with E-state index in [1.54, 1.807) is 79.9 Å². The zero-order chi connectivity index (χ0) is 24.4. The number of ketones is 1. The van der Waals surface area contributed by atoms with Crippen molar-refractivity contribution in [3.05, 3.63) is 94.0 Å². The van der Waals surface area contributed by atoms with Gasteiger partial charge in [0.25, 0.3) is 11.7 Å². The van der Waals surface area contributed by atoms with Crippen LogP contribution in [0.4, 0.5) is 11.4 Å². The van der Waals surface area contributed by atoms with Crippen LogP contribution in [0.1, 0.15) is 24.1 Å². The number of benzene rings is 3. The van der Waals surface area contributed by atoms with E-state index in [2.05, 4.69) is 21.2 Å². The van der Waals surface area contributed by atoms with E-state index in [-0.39, 0.29) is 17.2 Å². The van der Waals surface area contributed by atoms with E-state index in [0.717, 1.165) is 4.47 Å². The van der Waals surface area contributed by atoms with Crippen molar-refractivity contribution in [2.75, 3.05) is 17.3 Å². The first-order valence-electron chi connectivity index (χ1n) is 10.4. The molecule has 0 saturated carbocycles. The molecule has 1 unspecified atom stereocenters. The summed E-state index contributed by atoms with van der Waals surface area (Å²) in [5.41, 5.74) is 2.05. The number of hydrogen-bond acceptors (Lipinski definition) is 5. The molecule has 1 fully saturated rings. The van der Waals surface area contributed by atoms with Crippen molar-refractivity contribution in [2.45, 2.75) is 13.0 Å². The van der Waals surface area contributed by atoms with E-state index in [1.807, 2.05) is 0 Å². The van der Waals surface area contributed by atoms with Gasteiger partial charge in [-0.25, -0.2) is 0 Å². The van der Waals surface area contributed by atoms with Crippen molar-refractivity contribution < 1.29 is 24.2 Å². The highest BCUT2D eigenvalue weighted by Crippen LogP contribution is 2.42. The predicted molar refractivity (Wildman–Crippen MR) is 133 cm³/mol. The number of ether oxygens (including phenoxy) is 1. The number of carbonyl (C=O) groups excluding carboxylic acids is 3. The lowest BCUT2D eigenvalue weighted by Crippen LogP contribution is -2.29. The molecule has 0 aromatic heterocycles. The molecule has 0 radical (unpaired) electrons. The molecule has 4 rings (SSSR count). The monoisotopic (exact) mass is 520 g/mol. The minimum Gasteiger partial charge on any atom is -0.507 e. The lowest BCUT2D eigenvalue weighted by molar-refractivity contribution is -0.132. The molecule has 1 atom stereocenters. The van der Waals surface area contributed by atoms with E-state index in [0.29, 0.717) is 28.3 Å². The fourth-order valence-corrected chi connectivity index (χ4v) is 4.14. The first-order chi connectivity index (χ1) is 16.3. The molecule has 1 aliphatic heterocycles. The highest BCUT2D eigenvalue weighted by atomic mass is 79.9. The van der Waals surface area contributed by atoms with Crippen molar-refractivity contribution in [3.63, 3.8) is 0 Å². The number of halogens is 1. The van der Waals surface area contributed by atoms with Gasteiger partial charge in [-0.3, -0.25) is 19.3 Å². The topological polar surface area (TPSA) is 95.9 Å². The maximum absolute atomic E-state index is 13.2. The van der Waals surface area contributed by atoms with Crippen molar-refractivity contribution >= 4 is 50.7 Å². The third-order valence-electron chi connectivity index (χ3n) is 5.46. The SMILES string of the molecule is COc1ccc(C2/C(=C(\O)c3ccc(Br)cc3)C(=O)C(=O)N2c2ccc(NC(C)=O)cc2)cc1. The average molecular weight is 521 g/mol. The Bertz CT molecular complexity index is 1280. The molecule has 3 aromatic rings. The maximum atomic E-state index is 13.2. The van der Waals surface area contributed by atoms with Gasteiger partial charge in [0.05, 0.1) is 18.7 Å². The molecule has 1 aliphatic rings. The number of methoxy groups -OCH3 is 1. The largest absolute Gasteiger partial charge is 0.507 e. The van der Waals surface area contributed by atoms with Gasteiger partial charge in [0, 0.05) is 28.3 Å². The molecule has 3 aromatic carbocycles. The maximum Gasteiger partial charge on any atom is 0.300 e. The van der Waals surface area contributed by atoms with Crippen LogP contribution >= 0.6 is 15.9 Å². The molecule has 1 saturated heterocycles. The Kier molecular flexibility index (Phi) is 6.51. The standard InChI is InChI=1S/C26H21BrN2O5/c1-15(30)28-19-9-11-20(12-10-19)29-23(16-5-13-21(34-2)14-6-16)22(25(32)26(29)33)24(31)17-3-7-18(27)8-4-17/h3-14,23,31H,1-2H3,(H,28,30)/b24-22+. The molecule has 2 amide bonds. The summed E-state index contributed by atoms with van der Waals surface area (Å²) in [4.78, 5) is 39.1. The van der Waals surface area contributed by atoms with Gasteiger partial charge in [0.15, 0.2) is 0 Å². The highest BCUT2D eigenvalue weighted by Gasteiger charge is 2.47. The van der Waals surface area contributed by atoms with Gasteiger partial charge in [-0.15, -0.1) is 0 Å². The number of Topliss-reactive ketones (excluding diaryl/α,β-unsaturated/α-hetero) is 1. The van der Waals surface area contributed by atoms with Crippen LogP contribution < -0.4 is 15.0 Å². The lowest BCUT2D eigenvalue weighted by Gasteiger charge is -2.25. The summed E-state index contributed by atoms with van der Waals surface area (Å²) < 4.78 is 6.05. The Morgan fingerprint density at radius 2 is 1.59 bits per heavy atom. The number of carbonyl (C=O) groups is 3. The third kappa shape index (κ3) is 4.45. The summed E-state index contributed by atoms with van der Waals surface area (Å²) in [6.45, 7) is 1.40. The van der Waals surface area contributed by atoms with Crippen molar-refractivity contribution in [1.82, 2.24) is 0 Å². The number of anilines is 2. The summed E-state index contributed by atoms with van der Waals surface area (Å²) in [5.74, 6) is -1.41. The molecule has 8 heteroatoms. The number of aliphatic hydroxyl groups is 1. The second-order valence-electron chi connectivity index (χ2n) is 7.68. The average Bonchev–Trinajstić information content (AvgIpc) is 3.10. The van der Waals surface area contributed by atoms with Crippen LogP contribution in [0, 0.1) is 0 Å². The number of amides is 2. The number of aliphatic hydroxyl groups excluding tert-OH is 1. The Labute approximate surface area is 204 Å². The van der Waals surface area contributed by atoms with Crippen LogP contribution in [0.15, 0.2) is 82.8 Å². The Morgan fingerprint density at radius 1 is 0.971 bits per heavy atom. The van der Waals surface area contributed by atoms with Crippen LogP contribution in [0.25, 0.3) is 5.76 Å². The van der Waals surface area contributed by atoms with Gasteiger partial charge >= 0.3 is 0 Å². The summed E-state index contributed by atoms with van der Waals surface area (Å²) >= 11 is 3.36. The van der Waals surface area contributed by atoms with Crippen molar-refractivity contribution in [2.24, 2.45) is 0 Å². The molecular formula is C26H21BrN2O5. The highest BCUT2D eigenvalue weighted by molar-refractivity contribution is 9.10. The molecule has 2 N–H and O–H groups in total.